The number of nitrogens with one attached hydrogen (secondary N) is 1. The molecule has 0 aromatic rings. The van der Waals surface area contributed by atoms with Crippen LogP contribution in [0.3, 0.4) is 0 Å². The van der Waals surface area contributed by atoms with Crippen molar-refractivity contribution in [3.8, 4) is 0 Å². The van der Waals surface area contributed by atoms with Crippen LogP contribution in [-0.2, 0) is 9.59 Å². The highest BCUT2D eigenvalue weighted by molar-refractivity contribution is 5.78. The van der Waals surface area contributed by atoms with E-state index in [0.29, 0.717) is 19.4 Å². The van der Waals surface area contributed by atoms with E-state index >= 15 is 0 Å². The van der Waals surface area contributed by atoms with Gasteiger partial charge in [0.25, 0.3) is 0 Å². The monoisotopic (exact) mass is 187 g/mol. The maximum atomic E-state index is 10.8. The summed E-state index contributed by atoms with van der Waals surface area (Å²) in [7, 11) is 0. The average molecular weight is 187 g/mol. The third kappa shape index (κ3) is 14.0. The molecule has 3 nitrogen and oxygen atoms in total. The Balaban J connectivity index is 0. The summed E-state index contributed by atoms with van der Waals surface area (Å²) in [5.41, 5.74) is 0. The van der Waals surface area contributed by atoms with Gasteiger partial charge in [0, 0.05) is 19.4 Å². The zero-order valence-corrected chi connectivity index (χ0v) is 9.14. The van der Waals surface area contributed by atoms with Gasteiger partial charge in [0.1, 0.15) is 5.78 Å². The summed E-state index contributed by atoms with van der Waals surface area (Å²) >= 11 is 0. The van der Waals surface area contributed by atoms with Crippen molar-refractivity contribution in [1.29, 1.82) is 0 Å². The van der Waals surface area contributed by atoms with Gasteiger partial charge < -0.3 is 5.32 Å². The van der Waals surface area contributed by atoms with Crippen molar-refractivity contribution < 1.29 is 9.59 Å². The fourth-order valence-electron chi connectivity index (χ4n) is 0.693. The van der Waals surface area contributed by atoms with E-state index in [1.54, 1.807) is 0 Å². The second kappa shape index (κ2) is 11.1. The number of hydrogen-bond donors (Lipinski definition) is 1. The second-order valence-electron chi connectivity index (χ2n) is 2.55. The van der Waals surface area contributed by atoms with E-state index in [4.69, 9.17) is 0 Å². The van der Waals surface area contributed by atoms with Crippen LogP contribution in [0.25, 0.3) is 0 Å². The van der Waals surface area contributed by atoms with Crippen molar-refractivity contribution in [2.45, 2.75) is 47.0 Å². The van der Waals surface area contributed by atoms with Gasteiger partial charge in [-0.1, -0.05) is 20.8 Å². The van der Waals surface area contributed by atoms with Gasteiger partial charge in [-0.3, -0.25) is 9.59 Å². The average Bonchev–Trinajstić information content (AvgIpc) is 2.08. The maximum Gasteiger partial charge on any atom is 0.219 e. The van der Waals surface area contributed by atoms with Crippen molar-refractivity contribution in [3.05, 3.63) is 0 Å². The molecule has 0 aliphatic heterocycles. The molecule has 0 aromatic carbocycles. The van der Waals surface area contributed by atoms with E-state index in [2.05, 4.69) is 5.32 Å². The zero-order chi connectivity index (χ0) is 10.7. The van der Waals surface area contributed by atoms with Crippen LogP contribution in [0.1, 0.15) is 47.0 Å². The Kier molecular flexibility index (Phi) is 12.6. The van der Waals surface area contributed by atoms with Gasteiger partial charge in [0.05, 0.1) is 0 Å². The van der Waals surface area contributed by atoms with Gasteiger partial charge in [-0.2, -0.15) is 0 Å². The summed E-state index contributed by atoms with van der Waals surface area (Å²) in [6.07, 6.45) is 1.85. The number of carbonyl (C=O) groups is 2. The van der Waals surface area contributed by atoms with Crippen LogP contribution in [0.15, 0.2) is 0 Å². The van der Waals surface area contributed by atoms with Crippen molar-refractivity contribution >= 4 is 11.7 Å². The lowest BCUT2D eigenvalue weighted by atomic mass is 10.3. The van der Waals surface area contributed by atoms with E-state index in [9.17, 15) is 9.59 Å². The topological polar surface area (TPSA) is 46.2 Å². The first-order valence-corrected chi connectivity index (χ1v) is 4.93. The molecule has 3 heteroatoms. The minimum absolute atomic E-state index is 0.0359. The molecule has 1 amide bonds. The lowest BCUT2D eigenvalue weighted by Crippen LogP contribution is -2.24. The smallest absolute Gasteiger partial charge is 0.219 e. The van der Waals surface area contributed by atoms with Gasteiger partial charge in [-0.15, -0.1) is 0 Å². The van der Waals surface area contributed by atoms with E-state index in [-0.39, 0.29) is 11.7 Å². The summed E-state index contributed by atoms with van der Waals surface area (Å²) in [4.78, 5) is 21.2. The Morgan fingerprint density at radius 2 is 1.69 bits per heavy atom. The van der Waals surface area contributed by atoms with Crippen LogP contribution in [0.4, 0.5) is 0 Å². The molecule has 0 aliphatic rings. The molecule has 78 valence electrons. The van der Waals surface area contributed by atoms with Crippen LogP contribution >= 0.6 is 0 Å². The van der Waals surface area contributed by atoms with Crippen LogP contribution < -0.4 is 5.32 Å². The number of amides is 1. The predicted molar refractivity (Wildman–Crippen MR) is 54.6 cm³/mol. The lowest BCUT2D eigenvalue weighted by molar-refractivity contribution is -0.121. The molecule has 13 heavy (non-hydrogen) atoms. The number of carbonyl (C=O) groups excluding carboxylic acids is 2. The molecule has 0 saturated heterocycles. The molecule has 0 heterocycles. The second-order valence-corrected chi connectivity index (χ2v) is 2.55. The number of rotatable bonds is 5. The first-order chi connectivity index (χ1) is 6.16. The van der Waals surface area contributed by atoms with Gasteiger partial charge in [0.2, 0.25) is 5.91 Å². The molecular weight excluding hydrogens is 166 g/mol. The lowest BCUT2D eigenvalue weighted by Gasteiger charge is -2.00. The molecule has 0 aromatic heterocycles. The Bertz CT molecular complexity index is 144. The molecule has 0 aliphatic carbocycles. The van der Waals surface area contributed by atoms with Gasteiger partial charge in [0.15, 0.2) is 0 Å². The third-order valence-electron chi connectivity index (χ3n) is 1.28. The van der Waals surface area contributed by atoms with Gasteiger partial charge in [-0.25, -0.2) is 0 Å². The molecular formula is C10H21NO2. The highest BCUT2D eigenvalue weighted by atomic mass is 16.1. The molecule has 0 radical (unpaired) electrons. The van der Waals surface area contributed by atoms with Crippen molar-refractivity contribution in [2.75, 3.05) is 6.54 Å². The van der Waals surface area contributed by atoms with Crippen LogP contribution in [-0.4, -0.2) is 18.2 Å². The van der Waals surface area contributed by atoms with E-state index in [1.165, 1.54) is 6.92 Å². The predicted octanol–water partition coefficient (Wildman–Crippen LogP) is 1.91. The van der Waals surface area contributed by atoms with Crippen LogP contribution in [0.2, 0.25) is 0 Å². The molecule has 0 bridgehead atoms. The minimum atomic E-state index is 0.0359. The summed E-state index contributed by atoms with van der Waals surface area (Å²) in [6, 6.07) is 0. The fourth-order valence-corrected chi connectivity index (χ4v) is 0.693. The number of hydrogen-bond acceptors (Lipinski definition) is 2. The Morgan fingerprint density at radius 1 is 1.15 bits per heavy atom. The standard InChI is InChI=1S/C8H15NO2.C2H6/c1-3-4-8(11)9-6-5-7(2)10;1-2/h3-6H2,1-2H3,(H,9,11);1-2H3. The van der Waals surface area contributed by atoms with Crippen molar-refractivity contribution in [2.24, 2.45) is 0 Å². The molecule has 0 atom stereocenters. The van der Waals surface area contributed by atoms with Crippen LogP contribution in [0.5, 0.6) is 0 Å². The highest BCUT2D eigenvalue weighted by Crippen LogP contribution is 1.86. The van der Waals surface area contributed by atoms with Gasteiger partial charge in [-0.05, 0) is 13.3 Å². The Labute approximate surface area is 80.9 Å². The van der Waals surface area contributed by atoms with E-state index < -0.39 is 0 Å². The molecule has 0 fully saturated rings. The van der Waals surface area contributed by atoms with E-state index in [1.807, 2.05) is 20.8 Å². The maximum absolute atomic E-state index is 10.8. The number of ketones is 1. The molecule has 1 N–H and O–H groups in total. The Hall–Kier alpha value is -0.860. The first-order valence-electron chi connectivity index (χ1n) is 4.93. The first kappa shape index (κ1) is 14.7. The fraction of sp³-hybridized carbons (Fsp3) is 0.800. The normalized spacial score (nSPS) is 8.31. The largest absolute Gasteiger partial charge is 0.356 e. The number of Topliss-reactive ketones (excluding diaryl/α,β-unsaturated/α-hetero) is 1. The SMILES string of the molecule is CC.CCCC(=O)NCCC(C)=O. The molecule has 0 saturated carbocycles. The Morgan fingerprint density at radius 3 is 2.08 bits per heavy atom. The third-order valence-corrected chi connectivity index (χ3v) is 1.28. The summed E-state index contributed by atoms with van der Waals surface area (Å²) in [5.74, 6) is 0.149. The summed E-state index contributed by atoms with van der Waals surface area (Å²) in [5, 5.41) is 2.66. The molecule has 0 spiro atoms. The van der Waals surface area contributed by atoms with Crippen molar-refractivity contribution in [3.63, 3.8) is 0 Å². The van der Waals surface area contributed by atoms with Crippen LogP contribution in [0, 0.1) is 0 Å². The minimum Gasteiger partial charge on any atom is -0.356 e. The molecule has 0 rings (SSSR count). The summed E-state index contributed by atoms with van der Waals surface area (Å²) < 4.78 is 0. The quantitative estimate of drug-likeness (QED) is 0.714. The zero-order valence-electron chi connectivity index (χ0n) is 9.14. The highest BCUT2D eigenvalue weighted by Gasteiger charge is 1.98. The van der Waals surface area contributed by atoms with Crippen molar-refractivity contribution in [1.82, 2.24) is 5.32 Å². The van der Waals surface area contributed by atoms with Gasteiger partial charge >= 0.3 is 0 Å². The summed E-state index contributed by atoms with van der Waals surface area (Å²) in [6.45, 7) is 7.95. The van der Waals surface area contributed by atoms with E-state index in [0.717, 1.165) is 6.42 Å². The molecule has 0 unspecified atom stereocenters.